The van der Waals surface area contributed by atoms with Gasteiger partial charge in [0.15, 0.2) is 5.78 Å². The van der Waals surface area contributed by atoms with Gasteiger partial charge in [-0.15, -0.1) is 0 Å². The quantitative estimate of drug-likeness (QED) is 0.0154. The maximum Gasteiger partial charge on any atom is 0.329 e. The van der Waals surface area contributed by atoms with Crippen molar-refractivity contribution in [1.82, 2.24) is 74.1 Å². The number of nitrogens with two attached hydrogens (primary N) is 2. The number of aliphatic carboxylic acids is 4. The van der Waals surface area contributed by atoms with Gasteiger partial charge in [0.25, 0.3) is 0 Å². The van der Waals surface area contributed by atoms with Crippen LogP contribution in [-0.2, 0) is 102 Å². The number of anilines is 1. The first-order valence-corrected chi connectivity index (χ1v) is 39.2. The number of benzene rings is 2. The number of H-pyrrole nitrogens is 1. The molecule has 0 spiro atoms. The van der Waals surface area contributed by atoms with Crippen molar-refractivity contribution in [3.63, 3.8) is 0 Å². The van der Waals surface area contributed by atoms with Crippen molar-refractivity contribution in [3.8, 4) is 0 Å². The molecule has 1 fully saturated rings. The van der Waals surface area contributed by atoms with Crippen LogP contribution in [0.5, 0.6) is 0 Å². The van der Waals surface area contributed by atoms with E-state index in [0.717, 1.165) is 58.9 Å². The topological polar surface area (TPSA) is 688 Å². The Labute approximate surface area is 697 Å². The Morgan fingerprint density at radius 1 is 0.583 bits per heavy atom. The van der Waals surface area contributed by atoms with Crippen LogP contribution in [0.4, 0.5) is 5.69 Å². The van der Waals surface area contributed by atoms with Gasteiger partial charge in [-0.25, -0.2) is 4.79 Å². The number of carbonyl (C=O) groups is 20. The number of halogens is 2. The Morgan fingerprint density at radius 2 is 1.13 bits per heavy atom. The number of primary amides is 1. The molecule has 1 aromatic heterocycles. The maximum absolute atomic E-state index is 15.1. The number of ether oxygens (including phenoxy) is 1. The fourth-order valence-corrected chi connectivity index (χ4v) is 13.0. The molecular weight excluding hydrogens is 1630 g/mol. The van der Waals surface area contributed by atoms with E-state index in [0.29, 0.717) is 35.0 Å². The van der Waals surface area contributed by atoms with E-state index in [2.05, 4.69) is 70.4 Å². The van der Waals surface area contributed by atoms with Crippen LogP contribution in [0.2, 0.25) is 10.0 Å². The van der Waals surface area contributed by atoms with Crippen LogP contribution < -0.4 is 85.9 Å². The monoisotopic (exact) mass is 1730 g/mol. The molecule has 0 unspecified atom stereocenters. The lowest BCUT2D eigenvalue weighted by molar-refractivity contribution is -0.156. The number of rotatable bonds is 37. The standard InChI is InChI=1S/C75H105Cl2N17O26/c1-7-9-10-11-12-13-14-21-55(98)86-46(26-41-36(4)83-44-19-16-15-18-40(41)44)69(113)89-47(28-54(79)97)70(114)91-50(31-61(107)108)71(115)94-63-38(6)120-75(119)51(27-53(96)42-24-39(76)25-43(77)64(42)80-8-2)92-74(118)62(35(3)23-58(101)102)93-72(116)52(34-95)87-57(100)32-81-66(110)48(29-59(103)104)88-65(109)37(5)84-68(112)49(30-60(105)106)90-67(111)45(20-17-22-78)85-56(99)33-82-73(63)117/h15-16,18-19,24-25,35,37-38,45-52,62-63,80,83,95H,7-14,17,20-23,26-34,78H2,1-6H3,(H2,79,97)(H,81,110)(H,82,117)(H,84,112)(H,85,99)(H,86,98)(H,87,100)(H,88,109)(H,89,113)(H,90,111)(H,91,114)(H,92,118)(H,93,116)(H,94,115)(H,101,102)(H,103,104)(H,105,106)(H,107,108)/t35-,37-,38-,45+,46+,47-,48+,49+,50+,51+,52-,62+,63+/m1/s1. The van der Waals surface area contributed by atoms with E-state index in [1.54, 1.807) is 38.1 Å². The third-order valence-electron chi connectivity index (χ3n) is 18.6. The number of aromatic nitrogens is 1. The van der Waals surface area contributed by atoms with E-state index in [1.165, 1.54) is 6.07 Å². The molecule has 43 nitrogen and oxygen atoms in total. The summed E-state index contributed by atoms with van der Waals surface area (Å²) in [5.41, 5.74) is 12.7. The number of hydrogen-bond donors (Lipinski definition) is 22. The highest BCUT2D eigenvalue weighted by atomic mass is 35.5. The van der Waals surface area contributed by atoms with Crippen LogP contribution in [-0.4, -0.2) is 254 Å². The van der Waals surface area contributed by atoms with Crippen molar-refractivity contribution >= 4 is 158 Å². The molecule has 4 rings (SSSR count). The first-order valence-electron chi connectivity index (χ1n) is 38.5. The fraction of sp³-hybridized carbons (Fsp3) is 0.547. The number of aliphatic hydroxyl groups is 1. The largest absolute Gasteiger partial charge is 0.481 e. The number of nitrogens with one attached hydrogen (secondary N) is 15. The molecule has 14 amide bonds. The summed E-state index contributed by atoms with van der Waals surface area (Å²) in [4.78, 5) is 279. The number of carboxylic acid groups (broad SMARTS) is 4. The maximum atomic E-state index is 15.1. The van der Waals surface area contributed by atoms with E-state index in [4.69, 9.17) is 39.4 Å². The Balaban J connectivity index is 1.93. The van der Waals surface area contributed by atoms with Crippen molar-refractivity contribution < 1.29 is 126 Å². The minimum Gasteiger partial charge on any atom is -0.481 e. The summed E-state index contributed by atoms with van der Waals surface area (Å²) >= 11 is 12.9. The van der Waals surface area contributed by atoms with Crippen LogP contribution in [0.15, 0.2) is 36.4 Å². The molecular formula is C75H105Cl2N17O26. The lowest BCUT2D eigenvalue weighted by Crippen LogP contribution is -2.62. The van der Waals surface area contributed by atoms with Gasteiger partial charge in [0.05, 0.1) is 62.5 Å². The zero-order valence-electron chi connectivity index (χ0n) is 66.7. The minimum absolute atomic E-state index is 0.0259. The van der Waals surface area contributed by atoms with E-state index < -0.39 is 261 Å². The molecule has 660 valence electrons. The zero-order chi connectivity index (χ0) is 89.8. The lowest BCUT2D eigenvalue weighted by atomic mass is 9.95. The number of unbranched alkanes of at least 4 members (excludes halogenated alkanes) is 6. The Kier molecular flexibility index (Phi) is 41.7. The second-order valence-corrected chi connectivity index (χ2v) is 29.3. The summed E-state index contributed by atoms with van der Waals surface area (Å²) < 4.78 is 5.75. The molecule has 1 saturated heterocycles. The summed E-state index contributed by atoms with van der Waals surface area (Å²) in [7, 11) is 0. The smallest absolute Gasteiger partial charge is 0.329 e. The lowest BCUT2D eigenvalue weighted by Gasteiger charge is -2.30. The zero-order valence-corrected chi connectivity index (χ0v) is 68.3. The number of cyclic esters (lactones) is 1. The third kappa shape index (κ3) is 33.3. The number of amides is 14. The number of carbonyl (C=O) groups excluding carboxylic acids is 16. The van der Waals surface area contributed by atoms with Gasteiger partial charge in [-0.3, -0.25) is 91.1 Å². The van der Waals surface area contributed by atoms with Gasteiger partial charge in [0, 0.05) is 53.0 Å². The molecule has 0 saturated carbocycles. The van der Waals surface area contributed by atoms with E-state index in [-0.39, 0.29) is 53.6 Å². The van der Waals surface area contributed by atoms with Crippen LogP contribution in [0, 0.1) is 12.8 Å². The van der Waals surface area contributed by atoms with Gasteiger partial charge >= 0.3 is 29.8 Å². The molecule has 24 N–H and O–H groups in total. The summed E-state index contributed by atoms with van der Waals surface area (Å²) in [5, 5.41) is 81.6. The third-order valence-corrected chi connectivity index (χ3v) is 19.2. The van der Waals surface area contributed by atoms with Crippen LogP contribution in [0.1, 0.15) is 159 Å². The van der Waals surface area contributed by atoms with Crippen molar-refractivity contribution in [3.05, 3.63) is 63.3 Å². The first kappa shape index (κ1) is 100. The van der Waals surface area contributed by atoms with Gasteiger partial charge in [0.1, 0.15) is 72.6 Å². The summed E-state index contributed by atoms with van der Waals surface area (Å²) in [5.74, 6) is -30.0. The van der Waals surface area contributed by atoms with E-state index in [1.807, 2.05) is 16.0 Å². The molecule has 2 aromatic carbocycles. The summed E-state index contributed by atoms with van der Waals surface area (Å²) in [6, 6.07) is -13.6. The van der Waals surface area contributed by atoms with Gasteiger partial charge in [-0.05, 0) is 83.2 Å². The predicted octanol–water partition coefficient (Wildman–Crippen LogP) is -3.16. The van der Waals surface area contributed by atoms with Gasteiger partial charge in [-0.1, -0.05) is 93.8 Å². The Hall–Kier alpha value is -12.1. The average molecular weight is 1730 g/mol. The van der Waals surface area contributed by atoms with Crippen LogP contribution in [0.3, 0.4) is 0 Å². The highest BCUT2D eigenvalue weighted by Gasteiger charge is 2.41. The van der Waals surface area contributed by atoms with Crippen LogP contribution in [0.25, 0.3) is 10.9 Å². The number of fused-ring (bicyclic) bond motifs is 1. The summed E-state index contributed by atoms with van der Waals surface area (Å²) in [6.07, 6.45) is -4.15. The molecule has 1 aliphatic heterocycles. The fourth-order valence-electron chi connectivity index (χ4n) is 12.4. The number of aliphatic hydroxyl groups excluding tert-OH is 1. The second-order valence-electron chi connectivity index (χ2n) is 28.4. The molecule has 13 atom stereocenters. The number of esters is 1. The number of aryl methyl sites for hydroxylation is 1. The average Bonchev–Trinajstić information content (AvgIpc) is 1.76. The molecule has 0 bridgehead atoms. The second kappa shape index (κ2) is 49.9. The molecule has 0 radical (unpaired) electrons. The SMILES string of the molecule is CCCCCCCCCC(=O)N[C@@H](Cc1c(C)[nH]c2ccccc12)C(=O)N[C@H](CC(N)=O)C(=O)N[C@@H](CC(=O)O)C(=O)N[C@@H]1C(=O)NCC(=O)N[C@@H](CCCN)C(=O)N[C@@H](CC(=O)O)C(=O)N[C@H](C)C(=O)N[C@@H](CC(=O)O)C(=O)NCC(=O)N[C@H](CO)C(=O)N[C@@H]([C@H](C)CC(=O)O)C(=O)N[C@@H](CC(=O)c2cc(Cl)cc(Cl)c2NCC)C(=O)O[C@@H]1C. The summed E-state index contributed by atoms with van der Waals surface area (Å²) in [6.45, 7) is 4.43. The predicted molar refractivity (Wildman–Crippen MR) is 425 cm³/mol. The molecule has 3 aromatic rings. The first-order chi connectivity index (χ1) is 56.6. The van der Waals surface area contributed by atoms with Gasteiger partial charge < -0.3 is 121 Å². The van der Waals surface area contributed by atoms with Crippen molar-refractivity contribution in [2.75, 3.05) is 38.1 Å². The van der Waals surface area contributed by atoms with Crippen LogP contribution >= 0.6 is 23.2 Å². The Morgan fingerprint density at radius 3 is 1.73 bits per heavy atom. The number of carboxylic acids is 4. The van der Waals surface area contributed by atoms with Crippen molar-refractivity contribution in [2.45, 2.75) is 223 Å². The number of Topliss-reactive ketones (excluding diaryl/α,β-unsaturated/α-hetero) is 1. The highest BCUT2D eigenvalue weighted by molar-refractivity contribution is 6.37. The van der Waals surface area contributed by atoms with Gasteiger partial charge in [-0.2, -0.15) is 0 Å². The van der Waals surface area contributed by atoms with E-state index in [9.17, 15) is 117 Å². The number of para-hydroxylation sites is 1. The van der Waals surface area contributed by atoms with Crippen molar-refractivity contribution in [2.24, 2.45) is 17.4 Å². The molecule has 1 aliphatic rings. The van der Waals surface area contributed by atoms with Crippen molar-refractivity contribution in [1.29, 1.82) is 0 Å². The highest BCUT2D eigenvalue weighted by Crippen LogP contribution is 2.32. The number of aromatic amines is 1. The molecule has 2 heterocycles. The molecule has 0 aliphatic carbocycles. The Bertz CT molecular complexity index is 4260. The minimum atomic E-state index is -2.48. The number of ketones is 1. The molecule has 45 heteroatoms. The van der Waals surface area contributed by atoms with E-state index >= 15 is 4.79 Å². The molecule has 120 heavy (non-hydrogen) atoms. The normalized spacial score (nSPS) is 20.8. The number of hydrogen-bond acceptors (Lipinski definition) is 24. The van der Waals surface area contributed by atoms with Gasteiger partial charge in [0.2, 0.25) is 82.7 Å².